The standard InChI is InChI=1S/C23H18Cl2N4O4S/c1-12-17(24)18(25)19(26-12)20(30)28-23-29(10-9-13-5-3-2-4-6-13)15-8-7-14(11-16(15)34-23)27-21(31)22(32)33/h2-8,11,26H,9-10H2,1H3,(H,27,31)(H,32,33). The Morgan fingerprint density at radius 1 is 1.12 bits per heavy atom. The number of amides is 2. The van der Waals surface area contributed by atoms with E-state index in [0.29, 0.717) is 29.1 Å². The topological polar surface area (TPSA) is 117 Å². The highest BCUT2D eigenvalue weighted by atomic mass is 35.5. The molecule has 2 heterocycles. The van der Waals surface area contributed by atoms with Crippen LogP contribution in [0.25, 0.3) is 10.2 Å². The van der Waals surface area contributed by atoms with Crippen molar-refractivity contribution in [1.29, 1.82) is 0 Å². The monoisotopic (exact) mass is 516 g/mol. The summed E-state index contributed by atoms with van der Waals surface area (Å²) in [6.45, 7) is 2.24. The van der Waals surface area contributed by atoms with Gasteiger partial charge in [0.25, 0.3) is 5.91 Å². The first kappa shape index (κ1) is 23.7. The molecule has 4 rings (SSSR count). The molecule has 0 unspecified atom stereocenters. The maximum Gasteiger partial charge on any atom is 0.394 e. The van der Waals surface area contributed by atoms with E-state index in [1.54, 1.807) is 25.1 Å². The lowest BCUT2D eigenvalue weighted by molar-refractivity contribution is -0.147. The Balaban J connectivity index is 1.78. The van der Waals surface area contributed by atoms with Crippen molar-refractivity contribution in [3.05, 3.63) is 80.3 Å². The molecule has 3 N–H and O–H groups in total. The molecule has 34 heavy (non-hydrogen) atoms. The van der Waals surface area contributed by atoms with Crippen molar-refractivity contribution in [2.24, 2.45) is 4.99 Å². The highest BCUT2D eigenvalue weighted by molar-refractivity contribution is 7.16. The minimum absolute atomic E-state index is 0.102. The number of nitrogens with zero attached hydrogens (tertiary/aromatic N) is 2. The van der Waals surface area contributed by atoms with Gasteiger partial charge in [-0.15, -0.1) is 0 Å². The molecule has 0 atom stereocenters. The predicted octanol–water partition coefficient (Wildman–Crippen LogP) is 4.65. The number of aliphatic carboxylic acids is 1. The second-order valence-electron chi connectivity index (χ2n) is 7.38. The van der Waals surface area contributed by atoms with Crippen LogP contribution >= 0.6 is 34.5 Å². The number of halogens is 2. The number of fused-ring (bicyclic) bond motifs is 1. The third-order valence-corrected chi connectivity index (χ3v) is 7.06. The van der Waals surface area contributed by atoms with Crippen molar-refractivity contribution in [1.82, 2.24) is 9.55 Å². The summed E-state index contributed by atoms with van der Waals surface area (Å²) < 4.78 is 2.62. The van der Waals surface area contributed by atoms with E-state index in [-0.39, 0.29) is 15.7 Å². The van der Waals surface area contributed by atoms with Gasteiger partial charge in [0.05, 0.1) is 20.3 Å². The maximum absolute atomic E-state index is 12.9. The van der Waals surface area contributed by atoms with Gasteiger partial charge in [-0.3, -0.25) is 9.59 Å². The van der Waals surface area contributed by atoms with Crippen molar-refractivity contribution in [2.45, 2.75) is 19.9 Å². The molecule has 0 aliphatic carbocycles. The number of nitrogens with one attached hydrogen (secondary N) is 2. The van der Waals surface area contributed by atoms with Crippen LogP contribution in [0.1, 0.15) is 21.7 Å². The number of rotatable bonds is 5. The molecule has 0 saturated carbocycles. The molecule has 174 valence electrons. The van der Waals surface area contributed by atoms with Crippen molar-refractivity contribution in [3.63, 3.8) is 0 Å². The van der Waals surface area contributed by atoms with Gasteiger partial charge >= 0.3 is 11.9 Å². The third kappa shape index (κ3) is 4.91. The fourth-order valence-electron chi connectivity index (χ4n) is 3.38. The van der Waals surface area contributed by atoms with E-state index in [4.69, 9.17) is 28.3 Å². The van der Waals surface area contributed by atoms with Crippen LogP contribution in [-0.4, -0.2) is 32.4 Å². The smallest absolute Gasteiger partial charge is 0.394 e. The quantitative estimate of drug-likeness (QED) is 0.334. The lowest BCUT2D eigenvalue weighted by Crippen LogP contribution is -2.21. The first-order valence-corrected chi connectivity index (χ1v) is 11.7. The Kier molecular flexibility index (Phi) is 6.87. The third-order valence-electron chi connectivity index (χ3n) is 5.07. The van der Waals surface area contributed by atoms with E-state index in [9.17, 15) is 14.4 Å². The Labute approximate surface area is 207 Å². The molecule has 0 saturated heterocycles. The number of carbonyl (C=O) groups excluding carboxylic acids is 2. The van der Waals surface area contributed by atoms with Gasteiger partial charge in [0.2, 0.25) is 0 Å². The van der Waals surface area contributed by atoms with Crippen LogP contribution in [0.4, 0.5) is 5.69 Å². The number of hydrogen-bond donors (Lipinski definition) is 3. The molecule has 0 fully saturated rings. The van der Waals surface area contributed by atoms with Crippen LogP contribution in [0.5, 0.6) is 0 Å². The number of carboxylic acid groups (broad SMARTS) is 1. The Bertz CT molecular complexity index is 1490. The molecule has 4 aromatic rings. The highest BCUT2D eigenvalue weighted by Gasteiger charge is 2.19. The minimum atomic E-state index is -1.58. The lowest BCUT2D eigenvalue weighted by Gasteiger charge is -2.07. The molecule has 0 spiro atoms. The molecule has 11 heteroatoms. The van der Waals surface area contributed by atoms with Crippen LogP contribution < -0.4 is 10.1 Å². The number of thiazole rings is 1. The molecular formula is C23H18Cl2N4O4S. The maximum atomic E-state index is 12.9. The molecule has 0 aliphatic rings. The number of aromatic amines is 1. The molecule has 2 aromatic heterocycles. The van der Waals surface area contributed by atoms with Gasteiger partial charge < -0.3 is 20.0 Å². The van der Waals surface area contributed by atoms with Gasteiger partial charge in [0.15, 0.2) is 4.80 Å². The fraction of sp³-hybridized carbons (Fsp3) is 0.130. The summed E-state index contributed by atoms with van der Waals surface area (Å²) in [7, 11) is 0. The van der Waals surface area contributed by atoms with Gasteiger partial charge in [-0.1, -0.05) is 64.9 Å². The number of aryl methyl sites for hydroxylation is 3. The van der Waals surface area contributed by atoms with E-state index in [1.807, 2.05) is 34.9 Å². The number of benzene rings is 2. The van der Waals surface area contributed by atoms with Crippen LogP contribution in [0.15, 0.2) is 53.5 Å². The lowest BCUT2D eigenvalue weighted by atomic mass is 10.1. The average molecular weight is 517 g/mol. The van der Waals surface area contributed by atoms with Crippen LogP contribution in [0.3, 0.4) is 0 Å². The number of aromatic nitrogens is 2. The molecule has 0 radical (unpaired) electrons. The zero-order valence-corrected chi connectivity index (χ0v) is 20.1. The summed E-state index contributed by atoms with van der Waals surface area (Å²) in [5.41, 5.74) is 2.89. The van der Waals surface area contributed by atoms with Crippen LogP contribution in [0, 0.1) is 6.92 Å². The van der Waals surface area contributed by atoms with Gasteiger partial charge in [0.1, 0.15) is 5.69 Å². The molecular weight excluding hydrogens is 499 g/mol. The number of anilines is 1. The summed E-state index contributed by atoms with van der Waals surface area (Å²) >= 11 is 13.5. The normalized spacial score (nSPS) is 11.7. The van der Waals surface area contributed by atoms with Crippen LogP contribution in [-0.2, 0) is 22.6 Å². The molecule has 0 bridgehead atoms. The van der Waals surface area contributed by atoms with E-state index >= 15 is 0 Å². The number of carboxylic acids is 1. The van der Waals surface area contributed by atoms with Gasteiger partial charge in [-0.2, -0.15) is 4.99 Å². The largest absolute Gasteiger partial charge is 0.474 e. The summed E-state index contributed by atoms with van der Waals surface area (Å²) in [5.74, 6) is -3.29. The second-order valence-corrected chi connectivity index (χ2v) is 9.15. The summed E-state index contributed by atoms with van der Waals surface area (Å²) in [6, 6.07) is 14.9. The van der Waals surface area contributed by atoms with Gasteiger partial charge in [0, 0.05) is 17.9 Å². The molecule has 8 nitrogen and oxygen atoms in total. The second kappa shape index (κ2) is 9.84. The van der Waals surface area contributed by atoms with Crippen LogP contribution in [0.2, 0.25) is 10.0 Å². The molecule has 2 amide bonds. The van der Waals surface area contributed by atoms with E-state index < -0.39 is 17.8 Å². The number of hydrogen-bond acceptors (Lipinski definition) is 4. The van der Waals surface area contributed by atoms with Crippen molar-refractivity contribution >= 4 is 68.2 Å². The summed E-state index contributed by atoms with van der Waals surface area (Å²) in [6.07, 6.45) is 0.694. The zero-order chi connectivity index (χ0) is 24.4. The predicted molar refractivity (Wildman–Crippen MR) is 132 cm³/mol. The number of carbonyl (C=O) groups is 3. The Hall–Kier alpha value is -3.40. The SMILES string of the molecule is Cc1[nH]c(C(=O)N=c2sc3cc(NC(=O)C(=O)O)ccc3n2CCc2ccccc2)c(Cl)c1Cl. The summed E-state index contributed by atoms with van der Waals surface area (Å²) in [4.78, 5) is 42.9. The van der Waals surface area contributed by atoms with Crippen molar-refractivity contribution in [2.75, 3.05) is 5.32 Å². The van der Waals surface area contributed by atoms with E-state index in [1.165, 1.54) is 11.3 Å². The van der Waals surface area contributed by atoms with Crippen molar-refractivity contribution < 1.29 is 19.5 Å². The number of H-pyrrole nitrogens is 1. The molecule has 0 aliphatic heterocycles. The molecule has 2 aromatic carbocycles. The van der Waals surface area contributed by atoms with E-state index in [0.717, 1.165) is 15.8 Å². The summed E-state index contributed by atoms with van der Waals surface area (Å²) in [5, 5.41) is 11.6. The average Bonchev–Trinajstić information content (AvgIpc) is 3.28. The van der Waals surface area contributed by atoms with E-state index in [2.05, 4.69) is 15.3 Å². The Morgan fingerprint density at radius 3 is 2.50 bits per heavy atom. The van der Waals surface area contributed by atoms with Gasteiger partial charge in [-0.05, 0) is 37.1 Å². The Morgan fingerprint density at radius 2 is 1.85 bits per heavy atom. The van der Waals surface area contributed by atoms with Gasteiger partial charge in [-0.25, -0.2) is 4.79 Å². The van der Waals surface area contributed by atoms with Crippen molar-refractivity contribution in [3.8, 4) is 0 Å². The highest BCUT2D eigenvalue weighted by Crippen LogP contribution is 2.29. The fourth-order valence-corrected chi connectivity index (χ4v) is 4.89. The first-order valence-electron chi connectivity index (χ1n) is 10.1. The zero-order valence-electron chi connectivity index (χ0n) is 17.8. The minimum Gasteiger partial charge on any atom is -0.474 e. The first-order chi connectivity index (χ1) is 16.2.